The molecule has 34 heavy (non-hydrogen) atoms. The zero-order valence-corrected chi connectivity index (χ0v) is 20.7. The highest BCUT2D eigenvalue weighted by atomic mass is 19.1. The molecule has 1 fully saturated rings. The van der Waals surface area contributed by atoms with Crippen LogP contribution in [0.3, 0.4) is 0 Å². The van der Waals surface area contributed by atoms with Gasteiger partial charge in [-0.05, 0) is 44.0 Å². The minimum absolute atomic E-state index is 0.0658. The summed E-state index contributed by atoms with van der Waals surface area (Å²) in [5.74, 6) is -0.431. The predicted molar refractivity (Wildman–Crippen MR) is 136 cm³/mol. The third kappa shape index (κ3) is 4.77. The summed E-state index contributed by atoms with van der Waals surface area (Å²) in [7, 11) is 1.66. The number of benzene rings is 2. The van der Waals surface area contributed by atoms with Crippen molar-refractivity contribution in [2.75, 3.05) is 67.8 Å². The van der Waals surface area contributed by atoms with Crippen molar-refractivity contribution < 1.29 is 13.9 Å². The van der Waals surface area contributed by atoms with Crippen LogP contribution in [0, 0.1) is 5.82 Å². The third-order valence-corrected chi connectivity index (χ3v) is 7.29. The molecule has 2 aromatic carbocycles. The maximum atomic E-state index is 14.8. The first-order valence-corrected chi connectivity index (χ1v) is 12.4. The van der Waals surface area contributed by atoms with Crippen molar-refractivity contribution in [1.82, 2.24) is 4.90 Å². The minimum Gasteiger partial charge on any atom is -0.382 e. The average molecular weight is 469 g/mol. The van der Waals surface area contributed by atoms with E-state index in [-0.39, 0.29) is 11.7 Å². The number of anilines is 3. The van der Waals surface area contributed by atoms with E-state index in [1.165, 1.54) is 17.4 Å². The monoisotopic (exact) mass is 468 g/mol. The van der Waals surface area contributed by atoms with Crippen molar-refractivity contribution in [3.8, 4) is 0 Å². The number of likely N-dealkylation sites (tertiary alicyclic amines) is 1. The van der Waals surface area contributed by atoms with Crippen LogP contribution in [0.25, 0.3) is 0 Å². The molecule has 184 valence electrons. The van der Waals surface area contributed by atoms with Gasteiger partial charge < -0.3 is 24.3 Å². The summed E-state index contributed by atoms with van der Waals surface area (Å²) < 4.78 is 20.4. The van der Waals surface area contributed by atoms with Gasteiger partial charge in [0.05, 0.1) is 35.9 Å². The van der Waals surface area contributed by atoms with Crippen molar-refractivity contribution in [2.24, 2.45) is 0 Å². The van der Waals surface area contributed by atoms with Crippen LogP contribution in [0.5, 0.6) is 0 Å². The Hall–Kier alpha value is -2.64. The standard InChI is InChI=1S/C27H37FN4O2/c1-4-26(33)32(23-11-7-6-10-22(23)28)27(20-34-3)14-16-29(17-15-27)18-19-31-21-30(5-2)24-12-8-9-13-25(24)31/h6-13H,4-5,14-21H2,1-3H3. The van der Waals surface area contributed by atoms with Crippen LogP contribution in [-0.4, -0.2) is 69.5 Å². The molecule has 0 aromatic heterocycles. The summed E-state index contributed by atoms with van der Waals surface area (Å²) >= 11 is 0. The van der Waals surface area contributed by atoms with Crippen LogP contribution in [0.2, 0.25) is 0 Å². The number of rotatable bonds is 9. The number of methoxy groups -OCH3 is 1. The lowest BCUT2D eigenvalue weighted by atomic mass is 9.85. The molecular weight excluding hydrogens is 431 g/mol. The third-order valence-electron chi connectivity index (χ3n) is 7.29. The van der Waals surface area contributed by atoms with E-state index in [0.717, 1.165) is 52.2 Å². The molecule has 2 heterocycles. The van der Waals surface area contributed by atoms with Crippen molar-refractivity contribution >= 4 is 23.0 Å². The molecule has 2 aromatic rings. The molecule has 0 spiro atoms. The molecule has 0 unspecified atom stereocenters. The summed E-state index contributed by atoms with van der Waals surface area (Å²) in [5.41, 5.74) is 2.42. The van der Waals surface area contributed by atoms with Gasteiger partial charge in [0, 0.05) is 46.3 Å². The van der Waals surface area contributed by atoms with Crippen molar-refractivity contribution in [3.63, 3.8) is 0 Å². The predicted octanol–water partition coefficient (Wildman–Crippen LogP) is 4.35. The molecule has 0 N–H and O–H groups in total. The number of carbonyl (C=O) groups is 1. The van der Waals surface area contributed by atoms with Crippen LogP contribution < -0.4 is 14.7 Å². The number of nitrogens with zero attached hydrogens (tertiary/aromatic N) is 4. The quantitative estimate of drug-likeness (QED) is 0.547. The van der Waals surface area contributed by atoms with Gasteiger partial charge in [-0.15, -0.1) is 0 Å². The second-order valence-corrected chi connectivity index (χ2v) is 9.28. The number of hydrogen-bond donors (Lipinski definition) is 0. The van der Waals surface area contributed by atoms with Gasteiger partial charge in [0.2, 0.25) is 5.91 Å². The van der Waals surface area contributed by atoms with Crippen LogP contribution in [0.4, 0.5) is 21.5 Å². The molecule has 7 heteroatoms. The summed E-state index contributed by atoms with van der Waals surface area (Å²) in [4.78, 5) is 22.1. The lowest BCUT2D eigenvalue weighted by Gasteiger charge is -2.48. The van der Waals surface area contributed by atoms with E-state index < -0.39 is 5.54 Å². The average Bonchev–Trinajstić information content (AvgIpc) is 3.23. The maximum Gasteiger partial charge on any atom is 0.227 e. The number of carbonyl (C=O) groups excluding carboxylic acids is 1. The molecular formula is C27H37FN4O2. The van der Waals surface area contributed by atoms with Gasteiger partial charge in [0.25, 0.3) is 0 Å². The van der Waals surface area contributed by atoms with Crippen LogP contribution in [-0.2, 0) is 9.53 Å². The Bertz CT molecular complexity index is 977. The zero-order chi connectivity index (χ0) is 24.1. The topological polar surface area (TPSA) is 39.3 Å². The smallest absolute Gasteiger partial charge is 0.227 e. The number of halogens is 1. The number of ether oxygens (including phenoxy) is 1. The first-order valence-electron chi connectivity index (χ1n) is 12.4. The molecule has 1 amide bonds. The van der Waals surface area contributed by atoms with Gasteiger partial charge in [-0.3, -0.25) is 4.79 Å². The summed E-state index contributed by atoms with van der Waals surface area (Å²) in [5, 5.41) is 0. The Morgan fingerprint density at radius 2 is 1.65 bits per heavy atom. The lowest BCUT2D eigenvalue weighted by Crippen LogP contribution is -2.60. The Balaban J connectivity index is 1.45. The SMILES string of the molecule is CCC(=O)N(c1ccccc1F)C1(COC)CCN(CCN2CN(CC)c3ccccc32)CC1. The zero-order valence-electron chi connectivity index (χ0n) is 20.7. The van der Waals surface area contributed by atoms with Gasteiger partial charge >= 0.3 is 0 Å². The highest BCUT2D eigenvalue weighted by Gasteiger charge is 2.43. The van der Waals surface area contributed by atoms with Gasteiger partial charge in [0.15, 0.2) is 0 Å². The molecule has 6 nitrogen and oxygen atoms in total. The number of hydrogen-bond acceptors (Lipinski definition) is 5. The summed E-state index contributed by atoms with van der Waals surface area (Å²) in [6.45, 7) is 9.94. The Kier molecular flexibility index (Phi) is 7.73. The fraction of sp³-hybridized carbons (Fsp3) is 0.519. The fourth-order valence-electron chi connectivity index (χ4n) is 5.42. The molecule has 1 saturated heterocycles. The Labute approximate surface area is 202 Å². The van der Waals surface area contributed by atoms with Crippen molar-refractivity contribution in [1.29, 1.82) is 0 Å². The van der Waals surface area contributed by atoms with Gasteiger partial charge in [-0.1, -0.05) is 31.2 Å². The van der Waals surface area contributed by atoms with Gasteiger partial charge in [0.1, 0.15) is 5.82 Å². The number of fused-ring (bicyclic) bond motifs is 1. The molecule has 0 radical (unpaired) electrons. The molecule has 4 rings (SSSR count). The van der Waals surface area contributed by atoms with Crippen molar-refractivity contribution in [3.05, 3.63) is 54.3 Å². The van der Waals surface area contributed by atoms with E-state index in [1.54, 1.807) is 30.2 Å². The van der Waals surface area contributed by atoms with E-state index in [2.05, 4.69) is 45.9 Å². The van der Waals surface area contributed by atoms with E-state index in [1.807, 2.05) is 6.92 Å². The largest absolute Gasteiger partial charge is 0.382 e. The first-order chi connectivity index (χ1) is 16.5. The van der Waals surface area contributed by atoms with Gasteiger partial charge in [-0.2, -0.15) is 0 Å². The van der Waals surface area contributed by atoms with E-state index in [0.29, 0.717) is 18.7 Å². The number of amides is 1. The molecule has 0 saturated carbocycles. The van der Waals surface area contributed by atoms with Crippen LogP contribution >= 0.6 is 0 Å². The lowest BCUT2D eigenvalue weighted by molar-refractivity contribution is -0.120. The van der Waals surface area contributed by atoms with E-state index in [9.17, 15) is 9.18 Å². The van der Waals surface area contributed by atoms with Crippen molar-refractivity contribution in [2.45, 2.75) is 38.6 Å². The van der Waals surface area contributed by atoms with E-state index in [4.69, 9.17) is 4.74 Å². The minimum atomic E-state index is -0.542. The second-order valence-electron chi connectivity index (χ2n) is 9.28. The number of para-hydroxylation sites is 3. The van der Waals surface area contributed by atoms with Gasteiger partial charge in [-0.25, -0.2) is 4.39 Å². The number of piperidine rings is 1. The first kappa shape index (κ1) is 24.5. The summed E-state index contributed by atoms with van der Waals surface area (Å²) in [6, 6.07) is 15.2. The molecule has 2 aliphatic rings. The summed E-state index contributed by atoms with van der Waals surface area (Å²) in [6.07, 6.45) is 1.82. The fourth-order valence-corrected chi connectivity index (χ4v) is 5.42. The maximum absolute atomic E-state index is 14.8. The molecule has 2 aliphatic heterocycles. The second kappa shape index (κ2) is 10.7. The molecule has 0 atom stereocenters. The van der Waals surface area contributed by atoms with Crippen LogP contribution in [0.15, 0.2) is 48.5 Å². The Morgan fingerprint density at radius 1 is 1.00 bits per heavy atom. The molecule has 0 bridgehead atoms. The van der Waals surface area contributed by atoms with Crippen LogP contribution in [0.1, 0.15) is 33.1 Å². The Morgan fingerprint density at radius 3 is 2.26 bits per heavy atom. The highest BCUT2D eigenvalue weighted by molar-refractivity contribution is 5.95. The normalized spacial score (nSPS) is 17.6. The highest BCUT2D eigenvalue weighted by Crippen LogP contribution is 2.37. The molecule has 0 aliphatic carbocycles. The van der Waals surface area contributed by atoms with E-state index >= 15 is 0 Å².